The number of hydrogen-bond donors (Lipinski definition) is 2. The summed E-state index contributed by atoms with van der Waals surface area (Å²) >= 11 is 0. The van der Waals surface area contributed by atoms with Gasteiger partial charge in [0.05, 0.1) is 6.54 Å². The number of rotatable bonds is 4. The van der Waals surface area contributed by atoms with Crippen LogP contribution in [0.4, 0.5) is 5.82 Å². The lowest BCUT2D eigenvalue weighted by Crippen LogP contribution is -2.27. The molecule has 2 N–H and O–H groups in total. The van der Waals surface area contributed by atoms with E-state index in [1.54, 1.807) is 6.33 Å². The third-order valence-corrected chi connectivity index (χ3v) is 5.31. The molecule has 6 heteroatoms. The molecule has 1 aliphatic heterocycles. The number of anilines is 1. The third kappa shape index (κ3) is 3.79. The van der Waals surface area contributed by atoms with E-state index in [0.717, 1.165) is 61.8 Å². The molecule has 0 saturated carbocycles. The number of nitrogens with one attached hydrogen (secondary N) is 2. The summed E-state index contributed by atoms with van der Waals surface area (Å²) in [6.45, 7) is 4.85. The van der Waals surface area contributed by atoms with E-state index in [4.69, 9.17) is 4.98 Å². The maximum absolute atomic E-state index is 4.78. The van der Waals surface area contributed by atoms with E-state index in [9.17, 15) is 0 Å². The predicted octanol–water partition coefficient (Wildman–Crippen LogP) is 2.53. The molecule has 0 amide bonds. The van der Waals surface area contributed by atoms with E-state index < -0.39 is 0 Å². The lowest BCUT2D eigenvalue weighted by molar-refractivity contribution is 0.453. The van der Waals surface area contributed by atoms with E-state index in [-0.39, 0.29) is 0 Å². The van der Waals surface area contributed by atoms with E-state index in [1.807, 2.05) is 0 Å². The highest BCUT2D eigenvalue weighted by Crippen LogP contribution is 2.25. The van der Waals surface area contributed by atoms with Gasteiger partial charge in [-0.3, -0.25) is 0 Å². The predicted molar refractivity (Wildman–Crippen MR) is 97.6 cm³/mol. The minimum absolute atomic E-state index is 0.534. The number of aryl methyl sites for hydroxylation is 2. The Morgan fingerprint density at radius 2 is 1.96 bits per heavy atom. The van der Waals surface area contributed by atoms with Gasteiger partial charge in [0.2, 0.25) is 0 Å². The monoisotopic (exact) mass is 338 g/mol. The molecule has 6 nitrogen and oxygen atoms in total. The van der Waals surface area contributed by atoms with Gasteiger partial charge in [-0.15, -0.1) is 0 Å². The van der Waals surface area contributed by atoms with Crippen LogP contribution in [0, 0.1) is 6.92 Å². The van der Waals surface area contributed by atoms with E-state index in [2.05, 4.69) is 38.6 Å². The van der Waals surface area contributed by atoms with Crippen LogP contribution in [-0.4, -0.2) is 33.0 Å². The minimum Gasteiger partial charge on any atom is -0.363 e. The summed E-state index contributed by atoms with van der Waals surface area (Å²) in [5.41, 5.74) is 4.89. The summed E-state index contributed by atoms with van der Waals surface area (Å²) in [5.74, 6) is 2.26. The minimum atomic E-state index is 0.534. The van der Waals surface area contributed by atoms with Gasteiger partial charge < -0.3 is 10.6 Å². The highest BCUT2D eigenvalue weighted by atomic mass is 15.0. The molecule has 0 radical (unpaired) electrons. The molecular formula is C19H26N6. The molecule has 1 aliphatic carbocycles. The molecule has 2 aromatic rings. The van der Waals surface area contributed by atoms with Crippen LogP contribution in [0.1, 0.15) is 60.1 Å². The molecule has 1 fully saturated rings. The maximum Gasteiger partial charge on any atom is 0.147 e. The molecule has 132 valence electrons. The second kappa shape index (κ2) is 7.44. The van der Waals surface area contributed by atoms with Crippen LogP contribution in [-0.2, 0) is 19.4 Å². The summed E-state index contributed by atoms with van der Waals surface area (Å²) in [7, 11) is 0. The highest BCUT2D eigenvalue weighted by molar-refractivity contribution is 5.36. The molecule has 25 heavy (non-hydrogen) atoms. The number of aromatic nitrogens is 4. The molecule has 2 aromatic heterocycles. The first-order valence-corrected chi connectivity index (χ1v) is 9.41. The average molecular weight is 338 g/mol. The van der Waals surface area contributed by atoms with E-state index >= 15 is 0 Å². The fourth-order valence-corrected chi connectivity index (χ4v) is 3.90. The Hall–Kier alpha value is -2.08. The van der Waals surface area contributed by atoms with Crippen molar-refractivity contribution in [3.8, 4) is 0 Å². The van der Waals surface area contributed by atoms with Crippen molar-refractivity contribution in [2.75, 3.05) is 18.4 Å². The summed E-state index contributed by atoms with van der Waals surface area (Å²) in [6.07, 6.45) is 8.66. The van der Waals surface area contributed by atoms with Crippen molar-refractivity contribution in [3.63, 3.8) is 0 Å². The van der Waals surface area contributed by atoms with Gasteiger partial charge in [-0.2, -0.15) is 0 Å². The standard InChI is InChI=1S/C19H26N6/c1-13-15-4-2-3-5-16(15)25-19(24-13)11-21-18-10-17(22-12-23-18)14-6-8-20-9-7-14/h10,12,14,20H,2-9,11H2,1H3,(H,21,22,23). The largest absolute Gasteiger partial charge is 0.363 e. The Bertz CT molecular complexity index is 739. The molecule has 2 aliphatic rings. The van der Waals surface area contributed by atoms with Crippen LogP contribution in [0.2, 0.25) is 0 Å². The second-order valence-electron chi connectivity index (χ2n) is 7.06. The average Bonchev–Trinajstić information content (AvgIpc) is 2.67. The molecule has 4 rings (SSSR count). The van der Waals surface area contributed by atoms with Crippen molar-refractivity contribution in [1.82, 2.24) is 25.3 Å². The van der Waals surface area contributed by atoms with Crippen molar-refractivity contribution in [3.05, 3.63) is 40.9 Å². The van der Waals surface area contributed by atoms with Crippen LogP contribution in [0.3, 0.4) is 0 Å². The summed E-state index contributed by atoms with van der Waals surface area (Å²) in [5, 5.41) is 6.78. The van der Waals surface area contributed by atoms with Crippen LogP contribution in [0.15, 0.2) is 12.4 Å². The van der Waals surface area contributed by atoms with Gasteiger partial charge >= 0.3 is 0 Å². The zero-order valence-corrected chi connectivity index (χ0v) is 14.9. The summed E-state index contributed by atoms with van der Waals surface area (Å²) in [6, 6.07) is 2.08. The first-order chi connectivity index (χ1) is 12.3. The maximum atomic E-state index is 4.78. The molecule has 0 unspecified atom stereocenters. The van der Waals surface area contributed by atoms with Gasteiger partial charge in [-0.05, 0) is 64.1 Å². The quantitative estimate of drug-likeness (QED) is 0.892. The zero-order chi connectivity index (χ0) is 17.1. The molecule has 0 bridgehead atoms. The fourth-order valence-electron chi connectivity index (χ4n) is 3.90. The van der Waals surface area contributed by atoms with E-state index in [1.165, 1.54) is 24.1 Å². The molecule has 1 saturated heterocycles. The molecule has 3 heterocycles. The highest BCUT2D eigenvalue weighted by Gasteiger charge is 2.18. The lowest BCUT2D eigenvalue weighted by atomic mass is 9.94. The third-order valence-electron chi connectivity index (χ3n) is 5.31. The first kappa shape index (κ1) is 16.4. The number of nitrogens with zero attached hydrogens (tertiary/aromatic N) is 4. The van der Waals surface area contributed by atoms with Gasteiger partial charge in [0.25, 0.3) is 0 Å². The number of piperidine rings is 1. The van der Waals surface area contributed by atoms with Gasteiger partial charge in [0, 0.05) is 29.1 Å². The fraction of sp³-hybridized carbons (Fsp3) is 0.579. The Labute approximate surface area is 148 Å². The van der Waals surface area contributed by atoms with Crippen LogP contribution >= 0.6 is 0 Å². The van der Waals surface area contributed by atoms with Crippen molar-refractivity contribution >= 4 is 5.82 Å². The van der Waals surface area contributed by atoms with Gasteiger partial charge in [-0.25, -0.2) is 19.9 Å². The van der Waals surface area contributed by atoms with Crippen LogP contribution < -0.4 is 10.6 Å². The SMILES string of the molecule is Cc1nc(CNc2cc(C3CCNCC3)ncn2)nc2c1CCCC2. The Balaban J connectivity index is 1.45. The Morgan fingerprint density at radius 1 is 1.12 bits per heavy atom. The van der Waals surface area contributed by atoms with Gasteiger partial charge in [0.1, 0.15) is 18.0 Å². The van der Waals surface area contributed by atoms with Crippen LogP contribution in [0.5, 0.6) is 0 Å². The Morgan fingerprint density at radius 3 is 2.84 bits per heavy atom. The lowest BCUT2D eigenvalue weighted by Gasteiger charge is -2.22. The number of fused-ring (bicyclic) bond motifs is 1. The summed E-state index contributed by atoms with van der Waals surface area (Å²) in [4.78, 5) is 18.3. The van der Waals surface area contributed by atoms with Gasteiger partial charge in [0.15, 0.2) is 0 Å². The topological polar surface area (TPSA) is 75.6 Å². The first-order valence-electron chi connectivity index (χ1n) is 9.41. The second-order valence-corrected chi connectivity index (χ2v) is 7.06. The number of hydrogen-bond acceptors (Lipinski definition) is 6. The van der Waals surface area contributed by atoms with E-state index in [0.29, 0.717) is 12.5 Å². The van der Waals surface area contributed by atoms with Crippen LogP contribution in [0.25, 0.3) is 0 Å². The molecular weight excluding hydrogens is 312 g/mol. The van der Waals surface area contributed by atoms with Crippen molar-refractivity contribution in [1.29, 1.82) is 0 Å². The molecule has 0 aromatic carbocycles. The normalized spacial score (nSPS) is 18.0. The molecule has 0 spiro atoms. The smallest absolute Gasteiger partial charge is 0.147 e. The zero-order valence-electron chi connectivity index (χ0n) is 14.9. The van der Waals surface area contributed by atoms with Crippen molar-refractivity contribution in [2.24, 2.45) is 0 Å². The Kier molecular flexibility index (Phi) is 4.88. The van der Waals surface area contributed by atoms with Gasteiger partial charge in [-0.1, -0.05) is 0 Å². The van der Waals surface area contributed by atoms with Crippen molar-refractivity contribution < 1.29 is 0 Å². The summed E-state index contributed by atoms with van der Waals surface area (Å²) < 4.78 is 0. The van der Waals surface area contributed by atoms with Crippen molar-refractivity contribution in [2.45, 2.75) is 57.9 Å². The molecule has 0 atom stereocenters.